The molecule has 1 aliphatic carbocycles. The van der Waals surface area contributed by atoms with Gasteiger partial charge in [0, 0.05) is 18.9 Å². The molecule has 6 heteroatoms. The highest BCUT2D eigenvalue weighted by Gasteiger charge is 2.21. The van der Waals surface area contributed by atoms with E-state index >= 15 is 0 Å². The topological polar surface area (TPSA) is 80.9 Å². The van der Waals surface area contributed by atoms with Gasteiger partial charge in [0.15, 0.2) is 0 Å². The number of fused-ring (bicyclic) bond motifs is 1. The molecular formula is C15H20N4OS. The molecule has 2 aromatic rings. The van der Waals surface area contributed by atoms with Crippen molar-refractivity contribution in [1.29, 1.82) is 0 Å². The van der Waals surface area contributed by atoms with E-state index in [1.807, 2.05) is 0 Å². The summed E-state index contributed by atoms with van der Waals surface area (Å²) in [5.41, 5.74) is 7.08. The number of nitrogen functional groups attached to an aromatic ring is 1. The van der Waals surface area contributed by atoms with Gasteiger partial charge in [0.05, 0.1) is 5.69 Å². The van der Waals surface area contributed by atoms with E-state index in [0.717, 1.165) is 12.5 Å². The van der Waals surface area contributed by atoms with E-state index in [1.165, 1.54) is 37.0 Å². The number of thiophene rings is 1. The average molecular weight is 304 g/mol. The van der Waals surface area contributed by atoms with Gasteiger partial charge in [-0.05, 0) is 24.7 Å². The predicted molar refractivity (Wildman–Crippen MR) is 85.3 cm³/mol. The number of carbonyl (C=O) groups excluding carboxylic acids is 1. The number of aromatic nitrogens is 2. The second kappa shape index (κ2) is 5.97. The molecule has 1 saturated carbocycles. The van der Waals surface area contributed by atoms with E-state index in [0.29, 0.717) is 26.8 Å². The summed E-state index contributed by atoms with van der Waals surface area (Å²) in [5, 5.41) is 3.02. The summed E-state index contributed by atoms with van der Waals surface area (Å²) in [4.78, 5) is 21.9. The van der Waals surface area contributed by atoms with Crippen LogP contribution in [0.4, 0.5) is 5.69 Å². The minimum Gasteiger partial charge on any atom is -0.396 e. The maximum atomic E-state index is 12.3. The summed E-state index contributed by atoms with van der Waals surface area (Å²) in [7, 11) is 0. The van der Waals surface area contributed by atoms with Gasteiger partial charge in [0.2, 0.25) is 0 Å². The van der Waals surface area contributed by atoms with Crippen molar-refractivity contribution in [3.8, 4) is 0 Å². The normalized spacial score (nSPS) is 22.3. The van der Waals surface area contributed by atoms with Gasteiger partial charge >= 0.3 is 0 Å². The van der Waals surface area contributed by atoms with Crippen LogP contribution in [0.3, 0.4) is 0 Å². The number of rotatable bonds is 3. The Morgan fingerprint density at radius 2 is 2.05 bits per heavy atom. The number of hydrogen-bond acceptors (Lipinski definition) is 5. The number of hydrogen-bond donors (Lipinski definition) is 2. The minimum atomic E-state index is -0.101. The molecule has 0 aliphatic heterocycles. The van der Waals surface area contributed by atoms with Gasteiger partial charge in [-0.3, -0.25) is 4.79 Å². The molecule has 1 amide bonds. The fraction of sp³-hybridized carbons (Fsp3) is 0.533. The number of anilines is 1. The standard InChI is InChI=1S/C15H20N4OS/c1-9-2-4-10(5-3-9)8-19-14(20)13-11(16)12-15(21-13)18-7-6-17-12/h6-7,9-10H,2-5,8,16H2,1H3,(H,19,20). The van der Waals surface area contributed by atoms with Gasteiger partial charge in [-0.1, -0.05) is 19.8 Å². The van der Waals surface area contributed by atoms with Gasteiger partial charge in [0.25, 0.3) is 5.91 Å². The van der Waals surface area contributed by atoms with Crippen LogP contribution in [-0.2, 0) is 0 Å². The minimum absolute atomic E-state index is 0.101. The van der Waals surface area contributed by atoms with Crippen LogP contribution >= 0.6 is 11.3 Å². The first-order valence-electron chi connectivity index (χ1n) is 7.42. The van der Waals surface area contributed by atoms with Crippen molar-refractivity contribution in [1.82, 2.24) is 15.3 Å². The van der Waals surface area contributed by atoms with Gasteiger partial charge in [-0.2, -0.15) is 0 Å². The van der Waals surface area contributed by atoms with Crippen molar-refractivity contribution in [3.63, 3.8) is 0 Å². The van der Waals surface area contributed by atoms with Crippen LogP contribution in [0.15, 0.2) is 12.4 Å². The molecule has 2 aromatic heterocycles. The Hall–Kier alpha value is -1.69. The Kier molecular flexibility index (Phi) is 4.05. The largest absolute Gasteiger partial charge is 0.396 e. The Labute approximate surface area is 128 Å². The predicted octanol–water partition coefficient (Wildman–Crippen LogP) is 2.83. The first-order valence-corrected chi connectivity index (χ1v) is 8.24. The molecule has 0 atom stereocenters. The summed E-state index contributed by atoms with van der Waals surface area (Å²) in [6, 6.07) is 0. The van der Waals surface area contributed by atoms with Crippen LogP contribution < -0.4 is 11.1 Å². The molecule has 0 spiro atoms. The molecule has 0 radical (unpaired) electrons. The fourth-order valence-corrected chi connectivity index (χ4v) is 3.80. The molecule has 0 saturated heterocycles. The third-order valence-electron chi connectivity index (χ3n) is 4.26. The Bertz CT molecular complexity index is 646. The van der Waals surface area contributed by atoms with E-state index in [2.05, 4.69) is 22.2 Å². The van der Waals surface area contributed by atoms with E-state index in [9.17, 15) is 4.79 Å². The van der Waals surface area contributed by atoms with Crippen LogP contribution in [0.5, 0.6) is 0 Å². The molecule has 0 aromatic carbocycles. The lowest BCUT2D eigenvalue weighted by Gasteiger charge is -2.26. The molecule has 1 aliphatic rings. The maximum Gasteiger partial charge on any atom is 0.263 e. The number of nitrogens with zero attached hydrogens (tertiary/aromatic N) is 2. The van der Waals surface area contributed by atoms with Crippen LogP contribution in [0, 0.1) is 11.8 Å². The maximum absolute atomic E-state index is 12.3. The second-order valence-electron chi connectivity index (χ2n) is 5.89. The van der Waals surface area contributed by atoms with Crippen LogP contribution in [0.2, 0.25) is 0 Å². The zero-order valence-electron chi connectivity index (χ0n) is 12.1. The SMILES string of the molecule is CC1CCC(CNC(=O)c2sc3nccnc3c2N)CC1. The number of nitrogens with one attached hydrogen (secondary N) is 1. The highest BCUT2D eigenvalue weighted by Crippen LogP contribution is 2.31. The number of carbonyl (C=O) groups is 1. The molecule has 5 nitrogen and oxygen atoms in total. The molecule has 2 heterocycles. The van der Waals surface area contributed by atoms with Crippen LogP contribution in [0.1, 0.15) is 42.3 Å². The zero-order chi connectivity index (χ0) is 14.8. The van der Waals surface area contributed by atoms with Crippen molar-refractivity contribution in [3.05, 3.63) is 17.3 Å². The van der Waals surface area contributed by atoms with Crippen molar-refractivity contribution in [2.45, 2.75) is 32.6 Å². The van der Waals surface area contributed by atoms with Gasteiger partial charge < -0.3 is 11.1 Å². The fourth-order valence-electron chi connectivity index (χ4n) is 2.86. The molecular weight excluding hydrogens is 284 g/mol. The van der Waals surface area contributed by atoms with E-state index in [-0.39, 0.29) is 5.91 Å². The van der Waals surface area contributed by atoms with E-state index in [4.69, 9.17) is 5.73 Å². The molecule has 1 fully saturated rings. The first kappa shape index (κ1) is 14.3. The van der Waals surface area contributed by atoms with Crippen molar-refractivity contribution in [2.24, 2.45) is 11.8 Å². The molecule has 0 unspecified atom stereocenters. The van der Waals surface area contributed by atoms with Crippen molar-refractivity contribution in [2.75, 3.05) is 12.3 Å². The average Bonchev–Trinajstić information content (AvgIpc) is 2.84. The summed E-state index contributed by atoms with van der Waals surface area (Å²) >= 11 is 1.31. The van der Waals surface area contributed by atoms with Crippen LogP contribution in [0.25, 0.3) is 10.3 Å². The first-order chi connectivity index (χ1) is 10.1. The highest BCUT2D eigenvalue weighted by molar-refractivity contribution is 7.21. The Morgan fingerprint density at radius 3 is 2.76 bits per heavy atom. The lowest BCUT2D eigenvalue weighted by molar-refractivity contribution is 0.0947. The van der Waals surface area contributed by atoms with Gasteiger partial charge in [-0.25, -0.2) is 9.97 Å². The van der Waals surface area contributed by atoms with Crippen molar-refractivity contribution < 1.29 is 4.79 Å². The smallest absolute Gasteiger partial charge is 0.263 e. The molecule has 21 heavy (non-hydrogen) atoms. The Morgan fingerprint density at radius 1 is 1.33 bits per heavy atom. The summed E-state index contributed by atoms with van der Waals surface area (Å²) in [6.07, 6.45) is 8.14. The van der Waals surface area contributed by atoms with Gasteiger partial charge in [-0.15, -0.1) is 11.3 Å². The molecule has 3 N–H and O–H groups in total. The summed E-state index contributed by atoms with van der Waals surface area (Å²) in [6.45, 7) is 3.03. The van der Waals surface area contributed by atoms with E-state index < -0.39 is 0 Å². The number of nitrogens with two attached hydrogens (primary N) is 1. The van der Waals surface area contributed by atoms with Crippen molar-refractivity contribution >= 4 is 33.3 Å². The second-order valence-corrected chi connectivity index (χ2v) is 6.89. The third-order valence-corrected chi connectivity index (χ3v) is 5.36. The van der Waals surface area contributed by atoms with Gasteiger partial charge in [0.1, 0.15) is 15.2 Å². The summed E-state index contributed by atoms with van der Waals surface area (Å²) < 4.78 is 0. The zero-order valence-corrected chi connectivity index (χ0v) is 12.9. The molecule has 112 valence electrons. The highest BCUT2D eigenvalue weighted by atomic mass is 32.1. The summed E-state index contributed by atoms with van der Waals surface area (Å²) in [5.74, 6) is 1.32. The monoisotopic (exact) mass is 304 g/mol. The third kappa shape index (κ3) is 3.00. The quantitative estimate of drug-likeness (QED) is 0.913. The van der Waals surface area contributed by atoms with Crippen LogP contribution in [-0.4, -0.2) is 22.4 Å². The lowest BCUT2D eigenvalue weighted by atomic mass is 9.83. The van der Waals surface area contributed by atoms with E-state index in [1.54, 1.807) is 12.4 Å². The molecule has 3 rings (SSSR count). The molecule has 0 bridgehead atoms. The number of amides is 1. The lowest BCUT2D eigenvalue weighted by Crippen LogP contribution is -2.31. The Balaban J connectivity index is 1.65.